The van der Waals surface area contributed by atoms with Crippen LogP contribution in [0.15, 0.2) is 6.07 Å². The van der Waals surface area contributed by atoms with Gasteiger partial charge in [-0.3, -0.25) is 0 Å². The van der Waals surface area contributed by atoms with Crippen LogP contribution in [0.1, 0.15) is 51.0 Å². The lowest BCUT2D eigenvalue weighted by Crippen LogP contribution is -2.61. The molecule has 9 nitrogen and oxygen atoms in total. The molecule has 3 heterocycles. The molecule has 166 valence electrons. The molecule has 0 N–H and O–H groups in total. The Morgan fingerprint density at radius 1 is 1.10 bits per heavy atom. The summed E-state index contributed by atoms with van der Waals surface area (Å²) in [7, 11) is -3.41. The van der Waals surface area contributed by atoms with Crippen LogP contribution in [0.25, 0.3) is 0 Å². The predicted molar refractivity (Wildman–Crippen MR) is 113 cm³/mol. The van der Waals surface area contributed by atoms with Gasteiger partial charge in [-0.15, -0.1) is 0 Å². The molecule has 1 aromatic rings. The molecule has 2 aliphatic heterocycles. The Bertz CT molecular complexity index is 912. The number of hydrogen-bond acceptors (Lipinski definition) is 7. The third kappa shape index (κ3) is 4.54. The number of hydrogen-bond donors (Lipinski definition) is 0. The predicted octanol–water partition coefficient (Wildman–Crippen LogP) is 1.73. The Morgan fingerprint density at radius 3 is 2.30 bits per heavy atom. The second kappa shape index (κ2) is 7.64. The normalized spacial score (nSPS) is 21.5. The van der Waals surface area contributed by atoms with Crippen LogP contribution < -0.4 is 4.90 Å². The van der Waals surface area contributed by atoms with E-state index in [9.17, 15) is 13.2 Å². The second-order valence-corrected chi connectivity index (χ2v) is 11.7. The van der Waals surface area contributed by atoms with Gasteiger partial charge in [0.1, 0.15) is 22.5 Å². The molecule has 0 aromatic carbocycles. The second-order valence-electron chi connectivity index (χ2n) is 9.44. The van der Waals surface area contributed by atoms with Gasteiger partial charge in [0.05, 0.1) is 0 Å². The first-order valence-electron chi connectivity index (χ1n) is 10.6. The van der Waals surface area contributed by atoms with Crippen LogP contribution in [-0.4, -0.2) is 83.8 Å². The molecule has 0 bridgehead atoms. The van der Waals surface area contributed by atoms with Crippen LogP contribution in [0.2, 0.25) is 0 Å². The summed E-state index contributed by atoms with van der Waals surface area (Å²) >= 11 is 0. The lowest BCUT2D eigenvalue weighted by atomic mass is 10.2. The van der Waals surface area contributed by atoms with E-state index in [0.717, 1.165) is 30.2 Å². The third-order valence-electron chi connectivity index (χ3n) is 5.64. The van der Waals surface area contributed by atoms with Crippen molar-refractivity contribution in [2.75, 3.05) is 44.2 Å². The monoisotopic (exact) mass is 437 g/mol. The molecular formula is C20H31N5O4S. The highest BCUT2D eigenvalue weighted by Crippen LogP contribution is 2.39. The van der Waals surface area contributed by atoms with Crippen molar-refractivity contribution in [3.63, 3.8) is 0 Å². The van der Waals surface area contributed by atoms with Gasteiger partial charge in [-0.1, -0.05) is 0 Å². The number of carbonyl (C=O) groups excluding carboxylic acids is 1. The Balaban J connectivity index is 1.32. The van der Waals surface area contributed by atoms with Crippen LogP contribution in [0.4, 0.5) is 10.6 Å². The molecule has 2 saturated heterocycles. The molecule has 0 spiro atoms. The van der Waals surface area contributed by atoms with Crippen molar-refractivity contribution in [1.82, 2.24) is 19.2 Å². The smallest absolute Gasteiger partial charge is 0.410 e. The maximum atomic E-state index is 13.0. The first kappa shape index (κ1) is 21.3. The topological polar surface area (TPSA) is 95.9 Å². The summed E-state index contributed by atoms with van der Waals surface area (Å²) in [6.45, 7) is 9.59. The van der Waals surface area contributed by atoms with E-state index in [1.807, 2.05) is 38.7 Å². The molecule has 1 amide bonds. The zero-order valence-electron chi connectivity index (χ0n) is 18.2. The van der Waals surface area contributed by atoms with Crippen molar-refractivity contribution in [3.8, 4) is 0 Å². The minimum Gasteiger partial charge on any atom is -0.444 e. The number of amides is 1. The highest BCUT2D eigenvalue weighted by atomic mass is 32.2. The first-order valence-corrected chi connectivity index (χ1v) is 12.1. The molecule has 0 unspecified atom stereocenters. The molecular weight excluding hydrogens is 406 g/mol. The zero-order chi connectivity index (χ0) is 21.7. The number of sulfonamides is 1. The van der Waals surface area contributed by atoms with Crippen molar-refractivity contribution in [2.24, 2.45) is 0 Å². The van der Waals surface area contributed by atoms with Crippen LogP contribution in [-0.2, 0) is 14.8 Å². The van der Waals surface area contributed by atoms with Gasteiger partial charge in [0.15, 0.2) is 0 Å². The SMILES string of the molecule is Cc1cc(N2CC(S(=O)(=O)N3CCN(C(=O)OC(C)(C)C)CC3)C2)nc(C2CC2)n1. The average molecular weight is 438 g/mol. The number of aryl methyl sites for hydroxylation is 1. The van der Waals surface area contributed by atoms with Crippen molar-refractivity contribution >= 4 is 21.9 Å². The lowest BCUT2D eigenvalue weighted by molar-refractivity contribution is 0.0192. The van der Waals surface area contributed by atoms with Gasteiger partial charge in [0.2, 0.25) is 10.0 Å². The highest BCUT2D eigenvalue weighted by Gasteiger charge is 2.43. The quantitative estimate of drug-likeness (QED) is 0.708. The molecule has 30 heavy (non-hydrogen) atoms. The molecule has 1 aromatic heterocycles. The van der Waals surface area contributed by atoms with Gasteiger partial charge in [-0.05, 0) is 40.5 Å². The summed E-state index contributed by atoms with van der Waals surface area (Å²) in [5.41, 5.74) is 0.362. The molecule has 0 atom stereocenters. The largest absolute Gasteiger partial charge is 0.444 e. The van der Waals surface area contributed by atoms with E-state index >= 15 is 0 Å². The fraction of sp³-hybridized carbons (Fsp3) is 0.750. The summed E-state index contributed by atoms with van der Waals surface area (Å²) in [4.78, 5) is 25.0. The van der Waals surface area contributed by atoms with Crippen LogP contribution in [0, 0.1) is 6.92 Å². The number of aromatic nitrogens is 2. The molecule has 1 saturated carbocycles. The van der Waals surface area contributed by atoms with Crippen molar-refractivity contribution in [2.45, 2.75) is 57.3 Å². The number of nitrogens with zero attached hydrogens (tertiary/aromatic N) is 5. The van der Waals surface area contributed by atoms with Gasteiger partial charge in [-0.2, -0.15) is 4.31 Å². The number of piperazine rings is 1. The van der Waals surface area contributed by atoms with Gasteiger partial charge in [-0.25, -0.2) is 23.2 Å². The highest BCUT2D eigenvalue weighted by molar-refractivity contribution is 7.89. The number of carbonyl (C=O) groups is 1. The minimum atomic E-state index is -3.41. The van der Waals surface area contributed by atoms with Crippen molar-refractivity contribution in [3.05, 3.63) is 17.6 Å². The van der Waals surface area contributed by atoms with Gasteiger partial charge < -0.3 is 14.5 Å². The fourth-order valence-electron chi connectivity index (χ4n) is 3.74. The van der Waals surface area contributed by atoms with E-state index in [-0.39, 0.29) is 6.09 Å². The lowest BCUT2D eigenvalue weighted by Gasteiger charge is -2.43. The summed E-state index contributed by atoms with van der Waals surface area (Å²) in [5, 5.41) is -0.440. The molecule has 3 fully saturated rings. The Labute approximate surface area is 178 Å². The van der Waals surface area contributed by atoms with Crippen LogP contribution in [0.3, 0.4) is 0 Å². The number of ether oxygens (including phenoxy) is 1. The van der Waals surface area contributed by atoms with E-state index in [0.29, 0.717) is 45.2 Å². The van der Waals surface area contributed by atoms with Crippen LogP contribution >= 0.6 is 0 Å². The maximum absolute atomic E-state index is 13.0. The average Bonchev–Trinajstić information content (AvgIpc) is 3.43. The fourth-order valence-corrected chi connectivity index (χ4v) is 5.57. The van der Waals surface area contributed by atoms with Gasteiger partial charge in [0.25, 0.3) is 0 Å². The molecule has 3 aliphatic rings. The molecule has 10 heteroatoms. The van der Waals surface area contributed by atoms with E-state index in [1.165, 1.54) is 4.31 Å². The molecule has 1 aliphatic carbocycles. The summed E-state index contributed by atoms with van der Waals surface area (Å²) < 4.78 is 33.0. The van der Waals surface area contributed by atoms with E-state index in [4.69, 9.17) is 4.74 Å². The summed E-state index contributed by atoms with van der Waals surface area (Å²) in [5.74, 6) is 2.17. The van der Waals surface area contributed by atoms with E-state index < -0.39 is 20.9 Å². The van der Waals surface area contributed by atoms with Gasteiger partial charge >= 0.3 is 6.09 Å². The third-order valence-corrected chi connectivity index (χ3v) is 7.87. The Morgan fingerprint density at radius 2 is 1.73 bits per heavy atom. The summed E-state index contributed by atoms with van der Waals surface area (Å²) in [6.07, 6.45) is 1.88. The number of anilines is 1. The Kier molecular flexibility index (Phi) is 5.42. The Hall–Kier alpha value is -1.94. The molecule has 0 radical (unpaired) electrons. The van der Waals surface area contributed by atoms with Crippen molar-refractivity contribution < 1.29 is 17.9 Å². The maximum Gasteiger partial charge on any atom is 0.410 e. The van der Waals surface area contributed by atoms with E-state index in [1.54, 1.807) is 4.90 Å². The standard InChI is InChI=1S/C20H31N5O4S/c1-14-11-17(22-18(21-14)15-5-6-15)24-12-16(13-24)30(27,28)25-9-7-23(8-10-25)19(26)29-20(2,3)4/h11,15-16H,5-10,12-13H2,1-4H3. The van der Waals surface area contributed by atoms with Crippen molar-refractivity contribution in [1.29, 1.82) is 0 Å². The minimum absolute atomic E-state index is 0.302. The van der Waals surface area contributed by atoms with E-state index in [2.05, 4.69) is 9.97 Å². The zero-order valence-corrected chi connectivity index (χ0v) is 19.0. The summed E-state index contributed by atoms with van der Waals surface area (Å²) in [6, 6.07) is 1.92. The van der Waals surface area contributed by atoms with Crippen LogP contribution in [0.5, 0.6) is 0 Å². The first-order chi connectivity index (χ1) is 14.0. The number of rotatable bonds is 4. The van der Waals surface area contributed by atoms with Gasteiger partial charge in [0, 0.05) is 56.9 Å². The molecule has 4 rings (SSSR count).